The first-order valence-electron chi connectivity index (χ1n) is 9.73. The zero-order chi connectivity index (χ0) is 17.5. The van der Waals surface area contributed by atoms with Gasteiger partial charge in [-0.3, -0.25) is 4.79 Å². The van der Waals surface area contributed by atoms with Gasteiger partial charge >= 0.3 is 0 Å². The number of piperidine rings is 2. The van der Waals surface area contributed by atoms with E-state index in [0.717, 1.165) is 44.6 Å². The van der Waals surface area contributed by atoms with Crippen LogP contribution >= 0.6 is 0 Å². The van der Waals surface area contributed by atoms with Crippen molar-refractivity contribution in [3.05, 3.63) is 30.1 Å². The molecule has 1 aromatic carbocycles. The molecule has 25 heavy (non-hydrogen) atoms. The molecule has 2 saturated heterocycles. The van der Waals surface area contributed by atoms with E-state index in [4.69, 9.17) is 0 Å². The number of hydrogen-bond donors (Lipinski definition) is 1. The summed E-state index contributed by atoms with van der Waals surface area (Å²) in [7, 11) is 0. The van der Waals surface area contributed by atoms with Crippen molar-refractivity contribution in [1.29, 1.82) is 0 Å². The van der Waals surface area contributed by atoms with E-state index in [1.807, 2.05) is 12.1 Å². The molecule has 2 fully saturated rings. The Hall–Kier alpha value is -1.62. The third kappa shape index (κ3) is 5.70. The molecule has 5 heteroatoms. The lowest BCUT2D eigenvalue weighted by Crippen LogP contribution is -2.44. The van der Waals surface area contributed by atoms with E-state index in [0.29, 0.717) is 6.42 Å². The molecule has 2 aliphatic heterocycles. The molecule has 0 saturated carbocycles. The van der Waals surface area contributed by atoms with Gasteiger partial charge in [-0.05, 0) is 76.0 Å². The average Bonchev–Trinajstić information content (AvgIpc) is 2.64. The number of anilines is 1. The summed E-state index contributed by atoms with van der Waals surface area (Å²) in [5.74, 6) is -0.00676. The Morgan fingerprint density at radius 3 is 2.40 bits per heavy atom. The number of amides is 1. The summed E-state index contributed by atoms with van der Waals surface area (Å²) in [5.41, 5.74) is 1.06. The zero-order valence-electron chi connectivity index (χ0n) is 15.1. The largest absolute Gasteiger partial charge is 0.371 e. The molecular formula is C20H30FN3O. The van der Waals surface area contributed by atoms with Crippen molar-refractivity contribution in [3.8, 4) is 0 Å². The van der Waals surface area contributed by atoms with Crippen molar-refractivity contribution in [2.24, 2.45) is 0 Å². The van der Waals surface area contributed by atoms with Crippen LogP contribution in [0.4, 0.5) is 10.1 Å². The molecule has 0 radical (unpaired) electrons. The molecule has 0 unspecified atom stereocenters. The fourth-order valence-corrected chi connectivity index (χ4v) is 3.88. The minimum atomic E-state index is -0.199. The highest BCUT2D eigenvalue weighted by molar-refractivity contribution is 5.76. The number of rotatable bonds is 6. The van der Waals surface area contributed by atoms with Crippen LogP contribution in [-0.2, 0) is 4.79 Å². The average molecular weight is 347 g/mol. The highest BCUT2D eigenvalue weighted by Gasteiger charge is 2.21. The molecule has 138 valence electrons. The van der Waals surface area contributed by atoms with E-state index in [1.165, 1.54) is 44.5 Å². The van der Waals surface area contributed by atoms with Crippen LogP contribution in [0.1, 0.15) is 44.9 Å². The van der Waals surface area contributed by atoms with E-state index in [9.17, 15) is 9.18 Å². The molecule has 1 amide bonds. The standard InChI is InChI=1S/C20H30FN3O/c21-17-6-8-19(9-7-17)24-15-10-18(11-16-24)22-20(25)5-4-14-23-12-2-1-3-13-23/h6-9,18H,1-5,10-16H2,(H,22,25). The summed E-state index contributed by atoms with van der Waals surface area (Å²) in [6.45, 7) is 5.26. The van der Waals surface area contributed by atoms with Crippen molar-refractivity contribution in [1.82, 2.24) is 10.2 Å². The first-order chi connectivity index (χ1) is 12.2. The number of nitrogens with zero attached hydrogens (tertiary/aromatic N) is 2. The lowest BCUT2D eigenvalue weighted by molar-refractivity contribution is -0.122. The Bertz CT molecular complexity index is 534. The molecule has 2 heterocycles. The predicted molar refractivity (Wildman–Crippen MR) is 99.3 cm³/mol. The Morgan fingerprint density at radius 1 is 1.04 bits per heavy atom. The fraction of sp³-hybridized carbons (Fsp3) is 0.650. The van der Waals surface area contributed by atoms with Gasteiger partial charge in [-0.25, -0.2) is 4.39 Å². The Balaban J connectivity index is 1.32. The van der Waals surface area contributed by atoms with E-state index >= 15 is 0 Å². The minimum Gasteiger partial charge on any atom is -0.371 e. The van der Waals surface area contributed by atoms with Gasteiger partial charge < -0.3 is 15.1 Å². The topological polar surface area (TPSA) is 35.6 Å². The molecule has 0 aliphatic carbocycles. The van der Waals surface area contributed by atoms with Crippen LogP contribution in [-0.4, -0.2) is 49.6 Å². The molecule has 4 nitrogen and oxygen atoms in total. The molecule has 0 aromatic heterocycles. The van der Waals surface area contributed by atoms with Crippen LogP contribution in [0.2, 0.25) is 0 Å². The second-order valence-corrected chi connectivity index (χ2v) is 7.31. The Morgan fingerprint density at radius 2 is 1.72 bits per heavy atom. The molecule has 0 bridgehead atoms. The monoisotopic (exact) mass is 347 g/mol. The lowest BCUT2D eigenvalue weighted by Gasteiger charge is -2.34. The van der Waals surface area contributed by atoms with Gasteiger partial charge in [0.05, 0.1) is 0 Å². The van der Waals surface area contributed by atoms with Crippen LogP contribution in [0.3, 0.4) is 0 Å². The van der Waals surface area contributed by atoms with Crippen LogP contribution in [0.15, 0.2) is 24.3 Å². The third-order valence-electron chi connectivity index (χ3n) is 5.38. The van der Waals surface area contributed by atoms with Gasteiger partial charge in [0.25, 0.3) is 0 Å². The van der Waals surface area contributed by atoms with Gasteiger partial charge in [0.15, 0.2) is 0 Å². The normalized spacial score (nSPS) is 19.8. The maximum absolute atomic E-state index is 13.0. The summed E-state index contributed by atoms with van der Waals surface area (Å²) in [5, 5.41) is 3.19. The summed E-state index contributed by atoms with van der Waals surface area (Å²) in [6, 6.07) is 6.94. The van der Waals surface area contributed by atoms with E-state index < -0.39 is 0 Å². The molecule has 0 atom stereocenters. The summed E-state index contributed by atoms with van der Waals surface area (Å²) in [6.07, 6.45) is 7.46. The van der Waals surface area contributed by atoms with Crippen LogP contribution < -0.4 is 10.2 Å². The number of carbonyl (C=O) groups is 1. The van der Waals surface area contributed by atoms with Crippen molar-refractivity contribution < 1.29 is 9.18 Å². The van der Waals surface area contributed by atoms with Crippen molar-refractivity contribution in [2.45, 2.75) is 51.0 Å². The number of nitrogens with one attached hydrogen (secondary N) is 1. The van der Waals surface area contributed by atoms with Crippen molar-refractivity contribution in [3.63, 3.8) is 0 Å². The van der Waals surface area contributed by atoms with Gasteiger partial charge in [0, 0.05) is 31.2 Å². The predicted octanol–water partition coefficient (Wildman–Crippen LogP) is 3.18. The second kappa shape index (κ2) is 9.18. The number of hydrogen-bond acceptors (Lipinski definition) is 3. The highest BCUT2D eigenvalue weighted by Crippen LogP contribution is 2.20. The lowest BCUT2D eigenvalue weighted by atomic mass is 10.0. The number of benzene rings is 1. The van der Waals surface area contributed by atoms with Crippen LogP contribution in [0.25, 0.3) is 0 Å². The first kappa shape index (κ1) is 18.2. The maximum Gasteiger partial charge on any atom is 0.220 e. The molecular weight excluding hydrogens is 317 g/mol. The second-order valence-electron chi connectivity index (χ2n) is 7.31. The van der Waals surface area contributed by atoms with E-state index in [-0.39, 0.29) is 17.8 Å². The quantitative estimate of drug-likeness (QED) is 0.858. The third-order valence-corrected chi connectivity index (χ3v) is 5.38. The molecule has 1 N–H and O–H groups in total. The Kier molecular flexibility index (Phi) is 6.68. The van der Waals surface area contributed by atoms with Crippen molar-refractivity contribution >= 4 is 11.6 Å². The number of halogens is 1. The smallest absolute Gasteiger partial charge is 0.220 e. The van der Waals surface area contributed by atoms with E-state index in [1.54, 1.807) is 0 Å². The summed E-state index contributed by atoms with van der Waals surface area (Å²) < 4.78 is 13.0. The highest BCUT2D eigenvalue weighted by atomic mass is 19.1. The van der Waals surface area contributed by atoms with Gasteiger partial charge in [0.2, 0.25) is 5.91 Å². The molecule has 1 aromatic rings. The van der Waals surface area contributed by atoms with Gasteiger partial charge in [-0.15, -0.1) is 0 Å². The molecule has 0 spiro atoms. The Labute approximate surface area is 150 Å². The van der Waals surface area contributed by atoms with Crippen LogP contribution in [0.5, 0.6) is 0 Å². The first-order valence-corrected chi connectivity index (χ1v) is 9.73. The van der Waals surface area contributed by atoms with E-state index in [2.05, 4.69) is 15.1 Å². The molecule has 3 rings (SSSR count). The number of carbonyl (C=O) groups excluding carboxylic acids is 1. The van der Waals surface area contributed by atoms with Gasteiger partial charge in [-0.1, -0.05) is 6.42 Å². The summed E-state index contributed by atoms with van der Waals surface area (Å²) in [4.78, 5) is 16.9. The van der Waals surface area contributed by atoms with Crippen LogP contribution in [0, 0.1) is 5.82 Å². The zero-order valence-corrected chi connectivity index (χ0v) is 15.1. The minimum absolute atomic E-state index is 0.192. The van der Waals surface area contributed by atoms with Crippen molar-refractivity contribution in [2.75, 3.05) is 37.6 Å². The SMILES string of the molecule is O=C(CCCN1CCCCC1)NC1CCN(c2ccc(F)cc2)CC1. The summed E-state index contributed by atoms with van der Waals surface area (Å²) >= 11 is 0. The fourth-order valence-electron chi connectivity index (χ4n) is 3.88. The molecule has 2 aliphatic rings. The van der Waals surface area contributed by atoms with Gasteiger partial charge in [-0.2, -0.15) is 0 Å². The number of likely N-dealkylation sites (tertiary alicyclic amines) is 1. The van der Waals surface area contributed by atoms with Gasteiger partial charge in [0.1, 0.15) is 5.82 Å². The maximum atomic E-state index is 13.0.